The Hall–Kier alpha value is -0.620. The smallest absolute Gasteiger partial charge is 0.257 e. The average molecular weight is 272 g/mol. The molecule has 1 aromatic rings. The zero-order valence-electron chi connectivity index (χ0n) is 6.78. The second kappa shape index (κ2) is 4.27. The van der Waals surface area contributed by atoms with Crippen molar-refractivity contribution in [3.63, 3.8) is 0 Å². The molecule has 0 saturated carbocycles. The molecule has 0 amide bonds. The maximum atomic E-state index is 13.2. The molecule has 0 aromatic heterocycles. The Morgan fingerprint density at radius 1 is 1.21 bits per heavy atom. The summed E-state index contributed by atoms with van der Waals surface area (Å²) in [6.07, 6.45) is -3.01. The summed E-state index contributed by atoms with van der Waals surface area (Å²) in [7, 11) is 0. The number of hydrogen-bond donors (Lipinski definition) is 1. The minimum absolute atomic E-state index is 0.0926. The van der Waals surface area contributed by atoms with Gasteiger partial charge in [0.15, 0.2) is 0 Å². The lowest BCUT2D eigenvalue weighted by atomic mass is 10.1. The van der Waals surface area contributed by atoms with Crippen LogP contribution in [0.4, 0.5) is 17.6 Å². The predicted molar refractivity (Wildman–Crippen MR) is 47.0 cm³/mol. The Bertz CT molecular complexity index is 342. The second-order valence-corrected chi connectivity index (χ2v) is 3.47. The summed E-state index contributed by atoms with van der Waals surface area (Å²) in [5, 5.41) is 0. The molecule has 0 radical (unpaired) electrons. The van der Waals surface area contributed by atoms with Crippen molar-refractivity contribution in [3.8, 4) is 0 Å². The van der Waals surface area contributed by atoms with Crippen LogP contribution in [0.15, 0.2) is 16.6 Å². The van der Waals surface area contributed by atoms with Crippen molar-refractivity contribution in [2.24, 2.45) is 5.73 Å². The molecule has 1 rings (SSSR count). The van der Waals surface area contributed by atoms with Crippen molar-refractivity contribution in [2.75, 3.05) is 0 Å². The molecule has 1 atom stereocenters. The van der Waals surface area contributed by atoms with E-state index in [9.17, 15) is 17.6 Å². The van der Waals surface area contributed by atoms with Crippen LogP contribution in [0.1, 0.15) is 11.6 Å². The molecule has 0 aliphatic heterocycles. The van der Waals surface area contributed by atoms with Crippen LogP contribution in [0.2, 0.25) is 0 Å². The van der Waals surface area contributed by atoms with Crippen molar-refractivity contribution >= 4 is 15.9 Å². The molecule has 0 fully saturated rings. The maximum absolute atomic E-state index is 13.2. The average Bonchev–Trinajstić information content (AvgIpc) is 2.12. The molecule has 1 nitrogen and oxygen atoms in total. The topological polar surface area (TPSA) is 26.0 Å². The van der Waals surface area contributed by atoms with Crippen molar-refractivity contribution < 1.29 is 17.6 Å². The molecule has 0 aliphatic rings. The molecule has 0 saturated heterocycles. The first kappa shape index (κ1) is 11.5. The van der Waals surface area contributed by atoms with Gasteiger partial charge in [-0.25, -0.2) is 17.6 Å². The number of alkyl halides is 2. The number of hydrogen-bond acceptors (Lipinski definition) is 1. The summed E-state index contributed by atoms with van der Waals surface area (Å²) in [6.45, 7) is 0. The third-order valence-electron chi connectivity index (χ3n) is 1.68. The molecule has 0 heterocycles. The van der Waals surface area contributed by atoms with E-state index >= 15 is 0 Å². The van der Waals surface area contributed by atoms with Crippen molar-refractivity contribution in [1.29, 1.82) is 0 Å². The Kier molecular flexibility index (Phi) is 3.49. The zero-order valence-corrected chi connectivity index (χ0v) is 8.36. The number of halogens is 5. The van der Waals surface area contributed by atoms with Gasteiger partial charge >= 0.3 is 0 Å². The Balaban J connectivity index is 3.25. The monoisotopic (exact) mass is 271 g/mol. The first-order valence-corrected chi connectivity index (χ1v) is 4.41. The van der Waals surface area contributed by atoms with Crippen LogP contribution in [-0.4, -0.2) is 6.43 Å². The fourth-order valence-corrected chi connectivity index (χ4v) is 1.32. The van der Waals surface area contributed by atoms with Crippen LogP contribution >= 0.6 is 15.9 Å². The second-order valence-electron chi connectivity index (χ2n) is 2.62. The Morgan fingerprint density at radius 2 is 1.79 bits per heavy atom. The fourth-order valence-electron chi connectivity index (χ4n) is 0.974. The lowest BCUT2D eigenvalue weighted by Gasteiger charge is -2.13. The van der Waals surface area contributed by atoms with Gasteiger partial charge < -0.3 is 5.73 Å². The van der Waals surface area contributed by atoms with Crippen molar-refractivity contribution in [1.82, 2.24) is 0 Å². The predicted octanol–water partition coefficient (Wildman–Crippen LogP) is 2.99. The van der Waals surface area contributed by atoms with Gasteiger partial charge in [-0.1, -0.05) is 0 Å². The molecule has 2 N–H and O–H groups in total. The van der Waals surface area contributed by atoms with Crippen molar-refractivity contribution in [2.45, 2.75) is 12.5 Å². The van der Waals surface area contributed by atoms with Crippen LogP contribution in [0.5, 0.6) is 0 Å². The summed E-state index contributed by atoms with van der Waals surface area (Å²) in [5.74, 6) is -2.16. The van der Waals surface area contributed by atoms with E-state index < -0.39 is 29.7 Å². The third-order valence-corrected chi connectivity index (χ3v) is 2.30. The van der Waals surface area contributed by atoms with Gasteiger partial charge in [-0.2, -0.15) is 0 Å². The van der Waals surface area contributed by atoms with E-state index in [2.05, 4.69) is 15.9 Å². The quantitative estimate of drug-likeness (QED) is 0.650. The highest BCUT2D eigenvalue weighted by Gasteiger charge is 2.25. The Morgan fingerprint density at radius 3 is 2.29 bits per heavy atom. The van der Waals surface area contributed by atoms with E-state index in [1.807, 2.05) is 0 Å². The minimum atomic E-state index is -3.01. The van der Waals surface area contributed by atoms with Crippen molar-refractivity contribution in [3.05, 3.63) is 33.8 Å². The number of nitrogens with two attached hydrogens (primary N) is 1. The van der Waals surface area contributed by atoms with Crippen LogP contribution in [0, 0.1) is 11.6 Å². The first-order valence-electron chi connectivity index (χ1n) is 3.62. The molecule has 0 spiro atoms. The van der Waals surface area contributed by atoms with Gasteiger partial charge in [0.1, 0.15) is 11.6 Å². The van der Waals surface area contributed by atoms with Gasteiger partial charge in [0.2, 0.25) is 0 Å². The third kappa shape index (κ3) is 2.06. The van der Waals surface area contributed by atoms with Gasteiger partial charge in [0.25, 0.3) is 6.43 Å². The van der Waals surface area contributed by atoms with Gasteiger partial charge in [-0.05, 0) is 28.1 Å². The molecule has 0 bridgehead atoms. The van der Waals surface area contributed by atoms with Gasteiger partial charge in [0, 0.05) is 5.56 Å². The standard InChI is InChI=1S/C8H6BrF4N/c9-3-1-2-4(10)5(6(3)11)7(14)8(12)13/h1-2,7-8H,14H2. The summed E-state index contributed by atoms with van der Waals surface area (Å²) >= 11 is 2.76. The highest BCUT2D eigenvalue weighted by atomic mass is 79.9. The Labute approximate surface area is 86.0 Å². The van der Waals surface area contributed by atoms with E-state index in [0.717, 1.165) is 12.1 Å². The van der Waals surface area contributed by atoms with E-state index in [4.69, 9.17) is 5.73 Å². The van der Waals surface area contributed by atoms with E-state index in [-0.39, 0.29) is 4.47 Å². The van der Waals surface area contributed by atoms with Crippen LogP contribution in [0.25, 0.3) is 0 Å². The van der Waals surface area contributed by atoms with E-state index in [1.54, 1.807) is 0 Å². The first-order chi connectivity index (χ1) is 6.45. The van der Waals surface area contributed by atoms with Gasteiger partial charge in [-0.3, -0.25) is 0 Å². The lowest BCUT2D eigenvalue weighted by Crippen LogP contribution is -2.22. The number of rotatable bonds is 2. The fraction of sp³-hybridized carbons (Fsp3) is 0.250. The summed E-state index contributed by atoms with van der Waals surface area (Å²) in [5.41, 5.74) is 4.16. The normalized spacial score (nSPS) is 13.4. The molecular weight excluding hydrogens is 266 g/mol. The molecule has 14 heavy (non-hydrogen) atoms. The highest BCUT2D eigenvalue weighted by molar-refractivity contribution is 9.10. The molecule has 6 heteroatoms. The van der Waals surface area contributed by atoms with Crippen LogP contribution < -0.4 is 5.73 Å². The molecule has 0 aliphatic carbocycles. The van der Waals surface area contributed by atoms with E-state index in [1.165, 1.54) is 0 Å². The van der Waals surface area contributed by atoms with Crippen LogP contribution in [-0.2, 0) is 0 Å². The summed E-state index contributed by atoms with van der Waals surface area (Å²) in [4.78, 5) is 0. The van der Waals surface area contributed by atoms with E-state index in [0.29, 0.717) is 0 Å². The lowest BCUT2D eigenvalue weighted by molar-refractivity contribution is 0.113. The van der Waals surface area contributed by atoms with Gasteiger partial charge in [-0.15, -0.1) is 0 Å². The molecule has 1 aromatic carbocycles. The highest BCUT2D eigenvalue weighted by Crippen LogP contribution is 2.28. The molecular formula is C8H6BrF4N. The molecule has 78 valence electrons. The molecule has 1 unspecified atom stereocenters. The zero-order chi connectivity index (χ0) is 10.9. The largest absolute Gasteiger partial charge is 0.319 e. The van der Waals surface area contributed by atoms with Crippen LogP contribution in [0.3, 0.4) is 0 Å². The minimum Gasteiger partial charge on any atom is -0.319 e. The van der Waals surface area contributed by atoms with Gasteiger partial charge in [0.05, 0.1) is 10.5 Å². The maximum Gasteiger partial charge on any atom is 0.257 e. The SMILES string of the molecule is NC(c1c(F)ccc(Br)c1F)C(F)F. The summed E-state index contributed by atoms with van der Waals surface area (Å²) in [6, 6.07) is 0.0179. The number of benzene rings is 1. The summed E-state index contributed by atoms with van der Waals surface area (Å²) < 4.78 is 50.3.